The Balaban J connectivity index is 0.000000344. The van der Waals surface area contributed by atoms with E-state index < -0.39 is 10.6 Å². The lowest BCUT2D eigenvalue weighted by Crippen LogP contribution is -1.97. The van der Waals surface area contributed by atoms with Crippen LogP contribution in [0.5, 0.6) is 11.5 Å². The predicted octanol–water partition coefficient (Wildman–Crippen LogP) is 7.05. The highest BCUT2D eigenvalue weighted by Crippen LogP contribution is 2.24. The van der Waals surface area contributed by atoms with E-state index in [1.807, 2.05) is 61.5 Å². The summed E-state index contributed by atoms with van der Waals surface area (Å²) in [6.07, 6.45) is 4.35. The van der Waals surface area contributed by atoms with Crippen LogP contribution in [0.15, 0.2) is 85.2 Å². The first-order chi connectivity index (χ1) is 17.2. The zero-order valence-electron chi connectivity index (χ0n) is 19.9. The van der Waals surface area contributed by atoms with Gasteiger partial charge in [-0.3, -0.25) is 0 Å². The molecule has 0 atom stereocenters. The van der Waals surface area contributed by atoms with E-state index in [-0.39, 0.29) is 0 Å². The molecule has 9 heteroatoms. The van der Waals surface area contributed by atoms with Gasteiger partial charge in [-0.25, -0.2) is 9.97 Å². The molecular formula is C27H26Cl2N2O4S. The van der Waals surface area contributed by atoms with E-state index in [1.165, 1.54) is 11.1 Å². The Morgan fingerprint density at radius 1 is 0.750 bits per heavy atom. The molecule has 36 heavy (non-hydrogen) atoms. The molecular weight excluding hydrogens is 519 g/mol. The van der Waals surface area contributed by atoms with Gasteiger partial charge in [-0.05, 0) is 75.1 Å². The van der Waals surface area contributed by atoms with Crippen LogP contribution in [0.3, 0.4) is 0 Å². The van der Waals surface area contributed by atoms with Gasteiger partial charge in [0.15, 0.2) is 0 Å². The highest BCUT2D eigenvalue weighted by atomic mass is 35.5. The molecule has 6 nitrogen and oxygen atoms in total. The van der Waals surface area contributed by atoms with Crippen LogP contribution in [0.25, 0.3) is 0 Å². The van der Waals surface area contributed by atoms with Gasteiger partial charge in [0.1, 0.15) is 17.8 Å². The third-order valence-electron chi connectivity index (χ3n) is 4.83. The van der Waals surface area contributed by atoms with Gasteiger partial charge >= 0.3 is 10.6 Å². The number of hydrogen-bond donors (Lipinski definition) is 0. The van der Waals surface area contributed by atoms with Crippen molar-refractivity contribution in [3.63, 3.8) is 0 Å². The smallest absolute Gasteiger partial charge is 0.425 e. The molecule has 0 amide bonds. The number of aryl methyl sites for hydroxylation is 4. The molecule has 0 saturated heterocycles. The molecule has 0 N–H and O–H groups in total. The quantitative estimate of drug-likeness (QED) is 0.258. The molecule has 3 aromatic carbocycles. The van der Waals surface area contributed by atoms with Crippen molar-refractivity contribution in [2.45, 2.75) is 33.1 Å². The first-order valence-corrected chi connectivity index (χ1v) is 12.8. The standard InChI is InChI=1S/C20H18Cl2N2O.C7H8.O3S/c1-14-20(22)19(24-13-23-14)4-2-3-15-5-9-17(10-6-15)25-18-11-7-16(21)8-12-18;1-7-5-3-2-4-6-7;1-4(2)3/h5-13H,2-4H2,1H3;2-6H,1H3;. The third kappa shape index (κ3) is 11.4. The number of halogens is 2. The van der Waals surface area contributed by atoms with Crippen molar-refractivity contribution >= 4 is 33.8 Å². The molecule has 1 aromatic heterocycles. The molecule has 0 saturated carbocycles. The maximum atomic E-state index is 8.44. The largest absolute Gasteiger partial charge is 0.457 e. The fourth-order valence-electron chi connectivity index (χ4n) is 3.04. The van der Waals surface area contributed by atoms with Gasteiger partial charge in [-0.2, -0.15) is 0 Å². The Hall–Kier alpha value is -3.26. The highest BCUT2D eigenvalue weighted by molar-refractivity contribution is 7.59. The fourth-order valence-corrected chi connectivity index (χ4v) is 3.36. The van der Waals surface area contributed by atoms with Gasteiger partial charge in [0.25, 0.3) is 0 Å². The van der Waals surface area contributed by atoms with Crippen LogP contribution in [0.2, 0.25) is 10.0 Å². The molecule has 4 rings (SSSR count). The molecule has 0 bridgehead atoms. The Kier molecular flexibility index (Phi) is 12.6. The second kappa shape index (κ2) is 15.7. The van der Waals surface area contributed by atoms with E-state index in [9.17, 15) is 0 Å². The van der Waals surface area contributed by atoms with E-state index in [4.69, 9.17) is 40.6 Å². The Bertz CT molecular complexity index is 1310. The van der Waals surface area contributed by atoms with Crippen molar-refractivity contribution in [3.05, 3.63) is 118 Å². The van der Waals surface area contributed by atoms with E-state index in [0.29, 0.717) is 10.0 Å². The third-order valence-corrected chi connectivity index (χ3v) is 5.57. The first kappa shape index (κ1) is 29.0. The number of rotatable bonds is 6. The molecule has 188 valence electrons. The van der Waals surface area contributed by atoms with Gasteiger partial charge in [0.05, 0.1) is 16.4 Å². The normalized spacial score (nSPS) is 9.78. The Labute approximate surface area is 223 Å². The van der Waals surface area contributed by atoms with Crippen molar-refractivity contribution in [3.8, 4) is 11.5 Å². The van der Waals surface area contributed by atoms with Gasteiger partial charge in [0, 0.05) is 5.02 Å². The summed E-state index contributed by atoms with van der Waals surface area (Å²) < 4.78 is 31.1. The van der Waals surface area contributed by atoms with Gasteiger partial charge in [0.2, 0.25) is 0 Å². The minimum absolute atomic E-state index is 0.675. The highest BCUT2D eigenvalue weighted by Gasteiger charge is 2.06. The predicted molar refractivity (Wildman–Crippen MR) is 143 cm³/mol. The molecule has 4 aromatic rings. The lowest BCUT2D eigenvalue weighted by Gasteiger charge is -2.08. The second-order valence-corrected chi connectivity index (χ2v) is 8.85. The van der Waals surface area contributed by atoms with Crippen molar-refractivity contribution in [1.29, 1.82) is 0 Å². The van der Waals surface area contributed by atoms with Crippen LogP contribution in [0.4, 0.5) is 0 Å². The summed E-state index contributed by atoms with van der Waals surface area (Å²) in [5.41, 5.74) is 4.32. The summed E-state index contributed by atoms with van der Waals surface area (Å²) in [6, 6.07) is 25.7. The SMILES string of the molecule is Cc1ccccc1.Cc1ncnc(CCCc2ccc(Oc3ccc(Cl)cc3)cc2)c1Cl.O=S(=O)=O. The van der Waals surface area contributed by atoms with Crippen molar-refractivity contribution < 1.29 is 17.4 Å². The number of aromatic nitrogens is 2. The summed E-state index contributed by atoms with van der Waals surface area (Å²) in [4.78, 5) is 8.36. The lowest BCUT2D eigenvalue weighted by atomic mass is 10.1. The molecule has 1 heterocycles. The van der Waals surface area contributed by atoms with Crippen molar-refractivity contribution in [2.24, 2.45) is 0 Å². The molecule has 0 fully saturated rings. The first-order valence-electron chi connectivity index (χ1n) is 11.0. The number of benzene rings is 3. The van der Waals surface area contributed by atoms with Crippen LogP contribution < -0.4 is 4.74 Å². The van der Waals surface area contributed by atoms with Crippen molar-refractivity contribution in [1.82, 2.24) is 9.97 Å². The topological polar surface area (TPSA) is 86.2 Å². The van der Waals surface area contributed by atoms with Gasteiger partial charge in [-0.15, -0.1) is 12.6 Å². The second-order valence-electron chi connectivity index (χ2n) is 7.63. The molecule has 0 aliphatic rings. The van der Waals surface area contributed by atoms with Crippen LogP contribution in [0, 0.1) is 13.8 Å². The van der Waals surface area contributed by atoms with Crippen LogP contribution in [-0.4, -0.2) is 22.6 Å². The average molecular weight is 545 g/mol. The zero-order valence-corrected chi connectivity index (χ0v) is 22.2. The molecule has 0 radical (unpaired) electrons. The average Bonchev–Trinajstić information content (AvgIpc) is 2.85. The minimum Gasteiger partial charge on any atom is -0.457 e. The summed E-state index contributed by atoms with van der Waals surface area (Å²) in [5, 5.41) is 1.37. The Morgan fingerprint density at radius 2 is 1.31 bits per heavy atom. The van der Waals surface area contributed by atoms with E-state index >= 15 is 0 Å². The molecule has 0 unspecified atom stereocenters. The summed E-state index contributed by atoms with van der Waals surface area (Å²) in [5.74, 6) is 1.58. The fraction of sp³-hybridized carbons (Fsp3) is 0.185. The van der Waals surface area contributed by atoms with E-state index in [0.717, 1.165) is 42.1 Å². The lowest BCUT2D eigenvalue weighted by molar-refractivity contribution is 0.482. The number of hydrogen-bond acceptors (Lipinski definition) is 6. The summed E-state index contributed by atoms with van der Waals surface area (Å²) in [6.45, 7) is 3.98. The summed E-state index contributed by atoms with van der Waals surface area (Å²) >= 11 is 12.1. The number of nitrogens with zero attached hydrogens (tertiary/aromatic N) is 2. The van der Waals surface area contributed by atoms with E-state index in [1.54, 1.807) is 6.33 Å². The Morgan fingerprint density at radius 3 is 1.83 bits per heavy atom. The molecule has 0 spiro atoms. The summed E-state index contributed by atoms with van der Waals surface area (Å²) in [7, 11) is -3.11. The monoisotopic (exact) mass is 544 g/mol. The van der Waals surface area contributed by atoms with Crippen molar-refractivity contribution in [2.75, 3.05) is 0 Å². The van der Waals surface area contributed by atoms with Crippen LogP contribution >= 0.6 is 23.2 Å². The van der Waals surface area contributed by atoms with Crippen LogP contribution in [-0.2, 0) is 23.5 Å². The van der Waals surface area contributed by atoms with Crippen LogP contribution in [0.1, 0.15) is 28.9 Å². The maximum absolute atomic E-state index is 8.44. The van der Waals surface area contributed by atoms with E-state index in [2.05, 4.69) is 41.2 Å². The molecule has 0 aliphatic heterocycles. The van der Waals surface area contributed by atoms with Gasteiger partial charge < -0.3 is 4.74 Å². The van der Waals surface area contributed by atoms with Gasteiger partial charge in [-0.1, -0.05) is 71.2 Å². The number of ether oxygens (including phenoxy) is 1. The molecule has 0 aliphatic carbocycles. The zero-order chi connectivity index (χ0) is 26.3. The maximum Gasteiger partial charge on any atom is 0.425 e. The minimum atomic E-state index is -3.11.